The number of hydrogen-bond acceptors (Lipinski definition) is 3. The summed E-state index contributed by atoms with van der Waals surface area (Å²) in [5.41, 5.74) is 3.98. The Bertz CT molecular complexity index is 756. The van der Waals surface area contributed by atoms with E-state index in [1.807, 2.05) is 24.7 Å². The summed E-state index contributed by atoms with van der Waals surface area (Å²) in [6, 6.07) is 6.27. The molecule has 0 aliphatic heterocycles. The van der Waals surface area contributed by atoms with Crippen LogP contribution in [0.25, 0.3) is 0 Å². The molecule has 1 heterocycles. The second-order valence-electron chi connectivity index (χ2n) is 7.01. The lowest BCUT2D eigenvalue weighted by Gasteiger charge is -2.25. The van der Waals surface area contributed by atoms with Crippen LogP contribution in [0.1, 0.15) is 48.3 Å². The number of fused-ring (bicyclic) bond motifs is 1. The Morgan fingerprint density at radius 2 is 2.12 bits per heavy atom. The van der Waals surface area contributed by atoms with Gasteiger partial charge in [0.25, 0.3) is 0 Å². The number of carbonyl (C=O) groups is 1. The standard InChI is InChI=1S/C20H28N4O2/c1-15(17-8-7-16-5-3-4-6-18(16)13-17)22-20(26)24(11-12-25)14-19-21-9-10-23(19)2/h7-10,13,15,25H,3-6,11-12,14H2,1-2H3,(H,22,26). The second-order valence-corrected chi connectivity index (χ2v) is 7.01. The van der Waals surface area contributed by atoms with Gasteiger partial charge in [0, 0.05) is 26.0 Å². The highest BCUT2D eigenvalue weighted by Gasteiger charge is 2.19. The zero-order valence-corrected chi connectivity index (χ0v) is 15.6. The number of benzene rings is 1. The molecule has 140 valence electrons. The van der Waals surface area contributed by atoms with Crippen molar-refractivity contribution in [3.05, 3.63) is 53.1 Å². The molecule has 2 aromatic rings. The molecule has 1 aliphatic rings. The molecule has 6 nitrogen and oxygen atoms in total. The molecule has 2 amide bonds. The van der Waals surface area contributed by atoms with Crippen molar-refractivity contribution in [2.24, 2.45) is 7.05 Å². The normalized spacial score (nSPS) is 14.6. The van der Waals surface area contributed by atoms with Crippen molar-refractivity contribution in [1.29, 1.82) is 0 Å². The third-order valence-corrected chi connectivity index (χ3v) is 5.12. The van der Waals surface area contributed by atoms with Crippen molar-refractivity contribution in [2.75, 3.05) is 13.2 Å². The van der Waals surface area contributed by atoms with Crippen LogP contribution in [0.3, 0.4) is 0 Å². The number of aryl methyl sites for hydroxylation is 3. The quantitative estimate of drug-likeness (QED) is 0.836. The van der Waals surface area contributed by atoms with Gasteiger partial charge in [-0.25, -0.2) is 9.78 Å². The van der Waals surface area contributed by atoms with Crippen LogP contribution in [0.2, 0.25) is 0 Å². The Morgan fingerprint density at radius 1 is 1.35 bits per heavy atom. The van der Waals surface area contributed by atoms with Gasteiger partial charge in [-0.15, -0.1) is 0 Å². The number of aromatic nitrogens is 2. The minimum atomic E-state index is -0.188. The first kappa shape index (κ1) is 18.5. The third-order valence-electron chi connectivity index (χ3n) is 5.12. The van der Waals surface area contributed by atoms with E-state index >= 15 is 0 Å². The number of nitrogens with one attached hydrogen (secondary N) is 1. The molecule has 0 fully saturated rings. The number of amides is 2. The monoisotopic (exact) mass is 356 g/mol. The molecule has 0 radical (unpaired) electrons. The Morgan fingerprint density at radius 3 is 2.81 bits per heavy atom. The molecule has 1 aliphatic carbocycles. The highest BCUT2D eigenvalue weighted by molar-refractivity contribution is 5.74. The number of imidazole rings is 1. The van der Waals surface area contributed by atoms with E-state index in [4.69, 9.17) is 0 Å². The zero-order chi connectivity index (χ0) is 18.5. The first-order valence-corrected chi connectivity index (χ1v) is 9.32. The summed E-state index contributed by atoms with van der Waals surface area (Å²) in [4.78, 5) is 18.6. The van der Waals surface area contributed by atoms with Crippen molar-refractivity contribution < 1.29 is 9.90 Å². The van der Waals surface area contributed by atoms with Gasteiger partial charge in [0.2, 0.25) is 0 Å². The number of aliphatic hydroxyl groups is 1. The van der Waals surface area contributed by atoms with Crippen LogP contribution >= 0.6 is 0 Å². The predicted octanol–water partition coefficient (Wildman–Crippen LogP) is 2.56. The number of carbonyl (C=O) groups excluding carboxylic acids is 1. The number of aliphatic hydroxyl groups excluding tert-OH is 1. The summed E-state index contributed by atoms with van der Waals surface area (Å²) in [7, 11) is 1.90. The van der Waals surface area contributed by atoms with E-state index in [0.29, 0.717) is 6.54 Å². The summed E-state index contributed by atoms with van der Waals surface area (Å²) in [6.07, 6.45) is 8.34. The predicted molar refractivity (Wildman–Crippen MR) is 101 cm³/mol. The Kier molecular flexibility index (Phi) is 5.93. The molecule has 1 atom stereocenters. The Hall–Kier alpha value is -2.34. The lowest BCUT2D eigenvalue weighted by molar-refractivity contribution is 0.169. The van der Waals surface area contributed by atoms with Crippen molar-refractivity contribution in [3.63, 3.8) is 0 Å². The van der Waals surface area contributed by atoms with Crippen molar-refractivity contribution in [1.82, 2.24) is 19.8 Å². The number of rotatable bonds is 6. The summed E-state index contributed by atoms with van der Waals surface area (Å²) in [5, 5.41) is 12.4. The smallest absolute Gasteiger partial charge is 0.318 e. The maximum absolute atomic E-state index is 12.7. The highest BCUT2D eigenvalue weighted by atomic mass is 16.3. The molecule has 1 unspecified atom stereocenters. The van der Waals surface area contributed by atoms with Crippen molar-refractivity contribution >= 4 is 6.03 Å². The molecule has 6 heteroatoms. The van der Waals surface area contributed by atoms with Crippen LogP contribution < -0.4 is 5.32 Å². The van der Waals surface area contributed by atoms with Crippen LogP contribution in [0.15, 0.2) is 30.6 Å². The number of hydrogen-bond donors (Lipinski definition) is 2. The molecular formula is C20H28N4O2. The van der Waals surface area contributed by atoms with E-state index in [1.54, 1.807) is 11.1 Å². The van der Waals surface area contributed by atoms with Gasteiger partial charge in [0.15, 0.2) is 0 Å². The fraction of sp³-hybridized carbons (Fsp3) is 0.500. The maximum atomic E-state index is 12.7. The van der Waals surface area contributed by atoms with Gasteiger partial charge in [0.1, 0.15) is 5.82 Å². The van der Waals surface area contributed by atoms with Gasteiger partial charge in [-0.1, -0.05) is 18.2 Å². The maximum Gasteiger partial charge on any atom is 0.318 e. The average molecular weight is 356 g/mol. The first-order valence-electron chi connectivity index (χ1n) is 9.32. The highest BCUT2D eigenvalue weighted by Crippen LogP contribution is 2.24. The Balaban J connectivity index is 1.67. The molecule has 0 spiro atoms. The first-order chi connectivity index (χ1) is 12.6. The zero-order valence-electron chi connectivity index (χ0n) is 15.6. The van der Waals surface area contributed by atoms with Crippen LogP contribution in [-0.4, -0.2) is 38.7 Å². The van der Waals surface area contributed by atoms with E-state index in [9.17, 15) is 9.90 Å². The van der Waals surface area contributed by atoms with Gasteiger partial charge >= 0.3 is 6.03 Å². The SMILES string of the molecule is CC(NC(=O)N(CCO)Cc1nccn1C)c1ccc2c(c1)CCCC2. The van der Waals surface area contributed by atoms with Crippen LogP contribution in [0.4, 0.5) is 4.79 Å². The minimum absolute atomic E-state index is 0.0783. The summed E-state index contributed by atoms with van der Waals surface area (Å²) < 4.78 is 1.88. The van der Waals surface area contributed by atoms with Crippen LogP contribution in [0, 0.1) is 0 Å². The molecule has 0 bridgehead atoms. The van der Waals surface area contributed by atoms with E-state index in [0.717, 1.165) is 24.2 Å². The summed E-state index contributed by atoms with van der Waals surface area (Å²) in [5.74, 6) is 0.787. The average Bonchev–Trinajstić information content (AvgIpc) is 3.05. The van der Waals surface area contributed by atoms with E-state index < -0.39 is 0 Å². The van der Waals surface area contributed by atoms with Gasteiger partial charge in [-0.3, -0.25) is 0 Å². The largest absolute Gasteiger partial charge is 0.395 e. The van der Waals surface area contributed by atoms with Crippen LogP contribution in [-0.2, 0) is 26.4 Å². The van der Waals surface area contributed by atoms with E-state index in [2.05, 4.69) is 28.5 Å². The van der Waals surface area contributed by atoms with Gasteiger partial charge < -0.3 is 19.9 Å². The molecule has 26 heavy (non-hydrogen) atoms. The molecular weight excluding hydrogens is 328 g/mol. The summed E-state index contributed by atoms with van der Waals surface area (Å²) in [6.45, 7) is 2.56. The topological polar surface area (TPSA) is 70.4 Å². The van der Waals surface area contributed by atoms with Crippen LogP contribution in [0.5, 0.6) is 0 Å². The van der Waals surface area contributed by atoms with Crippen molar-refractivity contribution in [2.45, 2.75) is 45.2 Å². The third kappa shape index (κ3) is 4.25. The molecule has 3 rings (SSSR count). The molecule has 0 saturated carbocycles. The Labute approximate surface area is 154 Å². The van der Waals surface area contributed by atoms with Gasteiger partial charge in [-0.05, 0) is 49.3 Å². The van der Waals surface area contributed by atoms with E-state index in [-0.39, 0.29) is 25.2 Å². The fourth-order valence-electron chi connectivity index (χ4n) is 3.48. The second kappa shape index (κ2) is 8.36. The molecule has 2 N–H and O–H groups in total. The van der Waals surface area contributed by atoms with Gasteiger partial charge in [0.05, 0.1) is 19.2 Å². The number of nitrogens with zero attached hydrogens (tertiary/aromatic N) is 3. The lowest BCUT2D eigenvalue weighted by atomic mass is 9.89. The number of urea groups is 1. The minimum Gasteiger partial charge on any atom is -0.395 e. The molecule has 1 aromatic heterocycles. The lowest BCUT2D eigenvalue weighted by Crippen LogP contribution is -2.42. The molecule has 0 saturated heterocycles. The fourth-order valence-corrected chi connectivity index (χ4v) is 3.48. The van der Waals surface area contributed by atoms with Crippen molar-refractivity contribution in [3.8, 4) is 0 Å². The van der Waals surface area contributed by atoms with E-state index in [1.165, 1.54) is 24.0 Å². The van der Waals surface area contributed by atoms with Gasteiger partial charge in [-0.2, -0.15) is 0 Å². The summed E-state index contributed by atoms with van der Waals surface area (Å²) >= 11 is 0. The molecule has 1 aromatic carbocycles.